The standard InChI is InChI=1S/C21H15N3O2/c22-14-17-8-4-5-9-19(17)24-21(26)16-10-12-18(13-11-16)23-20(25)15-6-2-1-3-7-15/h1-13H,(H,23,25)(H,24,26). The average molecular weight is 341 g/mol. The summed E-state index contributed by atoms with van der Waals surface area (Å²) in [6.45, 7) is 0. The van der Waals surface area contributed by atoms with E-state index >= 15 is 0 Å². The van der Waals surface area contributed by atoms with Crippen LogP contribution in [0.5, 0.6) is 0 Å². The van der Waals surface area contributed by atoms with Crippen molar-refractivity contribution in [1.82, 2.24) is 0 Å². The second-order valence-electron chi connectivity index (χ2n) is 5.51. The number of amides is 2. The Labute approximate surface area is 150 Å². The summed E-state index contributed by atoms with van der Waals surface area (Å²) in [4.78, 5) is 24.5. The predicted octanol–water partition coefficient (Wildman–Crippen LogP) is 4.06. The van der Waals surface area contributed by atoms with Gasteiger partial charge in [0.15, 0.2) is 0 Å². The number of para-hydroxylation sites is 1. The van der Waals surface area contributed by atoms with E-state index in [1.54, 1.807) is 72.8 Å². The third-order valence-corrected chi connectivity index (χ3v) is 3.74. The number of nitriles is 1. The maximum Gasteiger partial charge on any atom is 0.255 e. The van der Waals surface area contributed by atoms with Crippen molar-refractivity contribution in [3.8, 4) is 6.07 Å². The van der Waals surface area contributed by atoms with E-state index in [9.17, 15) is 9.59 Å². The summed E-state index contributed by atoms with van der Waals surface area (Å²) >= 11 is 0. The lowest BCUT2D eigenvalue weighted by atomic mass is 10.1. The van der Waals surface area contributed by atoms with Crippen molar-refractivity contribution >= 4 is 23.2 Å². The molecule has 0 spiro atoms. The first-order valence-corrected chi connectivity index (χ1v) is 7.94. The molecule has 3 aromatic carbocycles. The number of carbonyl (C=O) groups is 2. The molecule has 3 rings (SSSR count). The van der Waals surface area contributed by atoms with Gasteiger partial charge >= 0.3 is 0 Å². The minimum Gasteiger partial charge on any atom is -0.322 e. The van der Waals surface area contributed by atoms with Crippen LogP contribution in [0.4, 0.5) is 11.4 Å². The molecule has 0 aliphatic rings. The Morgan fingerprint density at radius 3 is 1.96 bits per heavy atom. The van der Waals surface area contributed by atoms with Gasteiger partial charge in [0, 0.05) is 16.8 Å². The van der Waals surface area contributed by atoms with Crippen LogP contribution in [0.25, 0.3) is 0 Å². The van der Waals surface area contributed by atoms with E-state index in [4.69, 9.17) is 5.26 Å². The van der Waals surface area contributed by atoms with E-state index in [0.29, 0.717) is 28.1 Å². The molecule has 126 valence electrons. The molecule has 0 saturated heterocycles. The molecule has 26 heavy (non-hydrogen) atoms. The normalized spacial score (nSPS) is 9.81. The molecule has 0 aliphatic carbocycles. The van der Waals surface area contributed by atoms with Gasteiger partial charge in [-0.1, -0.05) is 30.3 Å². The van der Waals surface area contributed by atoms with E-state index in [1.807, 2.05) is 12.1 Å². The van der Waals surface area contributed by atoms with Crippen molar-refractivity contribution in [1.29, 1.82) is 5.26 Å². The summed E-state index contributed by atoms with van der Waals surface area (Å²) in [6, 6.07) is 24.3. The van der Waals surface area contributed by atoms with E-state index in [1.165, 1.54) is 0 Å². The summed E-state index contributed by atoms with van der Waals surface area (Å²) in [5, 5.41) is 14.6. The molecule has 0 radical (unpaired) electrons. The second kappa shape index (κ2) is 7.77. The maximum absolute atomic E-state index is 12.3. The van der Waals surface area contributed by atoms with Gasteiger partial charge < -0.3 is 10.6 Å². The Bertz CT molecular complexity index is 974. The van der Waals surface area contributed by atoms with Crippen LogP contribution in [0.3, 0.4) is 0 Å². The van der Waals surface area contributed by atoms with Crippen molar-refractivity contribution in [2.24, 2.45) is 0 Å². The van der Waals surface area contributed by atoms with Crippen molar-refractivity contribution < 1.29 is 9.59 Å². The summed E-state index contributed by atoms with van der Waals surface area (Å²) in [5.74, 6) is -0.542. The summed E-state index contributed by atoms with van der Waals surface area (Å²) in [6.07, 6.45) is 0. The molecule has 0 aromatic heterocycles. The highest BCUT2D eigenvalue weighted by molar-refractivity contribution is 6.06. The third-order valence-electron chi connectivity index (χ3n) is 3.74. The van der Waals surface area contributed by atoms with Crippen molar-refractivity contribution in [2.45, 2.75) is 0 Å². The fourth-order valence-corrected chi connectivity index (χ4v) is 2.38. The van der Waals surface area contributed by atoms with Crippen LogP contribution >= 0.6 is 0 Å². The number of carbonyl (C=O) groups excluding carboxylic acids is 2. The van der Waals surface area contributed by atoms with E-state index in [0.717, 1.165) is 0 Å². The van der Waals surface area contributed by atoms with Gasteiger partial charge in [-0.25, -0.2) is 0 Å². The van der Waals surface area contributed by atoms with Gasteiger partial charge in [-0.15, -0.1) is 0 Å². The lowest BCUT2D eigenvalue weighted by Gasteiger charge is -2.08. The smallest absolute Gasteiger partial charge is 0.255 e. The SMILES string of the molecule is N#Cc1ccccc1NC(=O)c1ccc(NC(=O)c2ccccc2)cc1. The molecule has 5 heteroatoms. The van der Waals surface area contributed by atoms with Gasteiger partial charge in [-0.05, 0) is 48.5 Å². The zero-order chi connectivity index (χ0) is 18.4. The van der Waals surface area contributed by atoms with Gasteiger partial charge in [-0.2, -0.15) is 5.26 Å². The average Bonchev–Trinajstić information content (AvgIpc) is 2.69. The molecule has 0 atom stereocenters. The minimum atomic E-state index is -0.325. The van der Waals surface area contributed by atoms with Crippen molar-refractivity contribution in [2.75, 3.05) is 10.6 Å². The fraction of sp³-hybridized carbons (Fsp3) is 0. The second-order valence-corrected chi connectivity index (χ2v) is 5.51. The van der Waals surface area contributed by atoms with Gasteiger partial charge in [0.05, 0.1) is 11.3 Å². The molecule has 0 aliphatic heterocycles. The Morgan fingerprint density at radius 2 is 1.27 bits per heavy atom. The molecular formula is C21H15N3O2. The largest absolute Gasteiger partial charge is 0.322 e. The van der Waals surface area contributed by atoms with E-state index in [2.05, 4.69) is 10.6 Å². The predicted molar refractivity (Wildman–Crippen MR) is 99.9 cm³/mol. The Kier molecular flexibility index (Phi) is 5.06. The first-order valence-electron chi connectivity index (χ1n) is 7.94. The summed E-state index contributed by atoms with van der Waals surface area (Å²) in [5.41, 5.74) is 2.43. The van der Waals surface area contributed by atoms with Crippen LogP contribution in [-0.4, -0.2) is 11.8 Å². The van der Waals surface area contributed by atoms with Crippen LogP contribution in [0, 0.1) is 11.3 Å². The molecule has 0 bridgehead atoms. The first kappa shape index (κ1) is 16.9. The number of hydrogen-bond acceptors (Lipinski definition) is 3. The maximum atomic E-state index is 12.3. The molecule has 5 nitrogen and oxygen atoms in total. The molecule has 0 fully saturated rings. The molecular weight excluding hydrogens is 326 g/mol. The molecule has 3 aromatic rings. The monoisotopic (exact) mass is 341 g/mol. The van der Waals surface area contributed by atoms with Crippen molar-refractivity contribution in [3.05, 3.63) is 95.6 Å². The van der Waals surface area contributed by atoms with E-state index < -0.39 is 0 Å². The zero-order valence-electron chi connectivity index (χ0n) is 13.8. The topological polar surface area (TPSA) is 82.0 Å². The lowest BCUT2D eigenvalue weighted by molar-refractivity contribution is 0.102. The fourth-order valence-electron chi connectivity index (χ4n) is 2.38. The number of nitrogens with one attached hydrogen (secondary N) is 2. The Hall–Kier alpha value is -3.91. The number of anilines is 2. The molecule has 2 amide bonds. The third kappa shape index (κ3) is 3.94. The van der Waals surface area contributed by atoms with Gasteiger partial charge in [0.25, 0.3) is 11.8 Å². The van der Waals surface area contributed by atoms with E-state index in [-0.39, 0.29) is 11.8 Å². The zero-order valence-corrected chi connectivity index (χ0v) is 13.8. The summed E-state index contributed by atoms with van der Waals surface area (Å²) in [7, 11) is 0. The number of benzene rings is 3. The Morgan fingerprint density at radius 1 is 0.692 bits per heavy atom. The minimum absolute atomic E-state index is 0.217. The highest BCUT2D eigenvalue weighted by Crippen LogP contribution is 2.16. The van der Waals surface area contributed by atoms with Crippen LogP contribution in [0.1, 0.15) is 26.3 Å². The number of nitrogens with zero attached hydrogens (tertiary/aromatic N) is 1. The molecule has 2 N–H and O–H groups in total. The highest BCUT2D eigenvalue weighted by Gasteiger charge is 2.10. The Balaban J connectivity index is 1.68. The molecule has 0 heterocycles. The van der Waals surface area contributed by atoms with Gasteiger partial charge in [-0.3, -0.25) is 9.59 Å². The summed E-state index contributed by atoms with van der Waals surface area (Å²) < 4.78 is 0. The number of hydrogen-bond donors (Lipinski definition) is 2. The first-order chi connectivity index (χ1) is 12.7. The van der Waals surface area contributed by atoms with Crippen LogP contribution < -0.4 is 10.6 Å². The lowest BCUT2D eigenvalue weighted by Crippen LogP contribution is -2.14. The highest BCUT2D eigenvalue weighted by atomic mass is 16.2. The van der Waals surface area contributed by atoms with Gasteiger partial charge in [0.2, 0.25) is 0 Å². The van der Waals surface area contributed by atoms with Crippen LogP contribution in [-0.2, 0) is 0 Å². The molecule has 0 saturated carbocycles. The number of rotatable bonds is 4. The van der Waals surface area contributed by atoms with Crippen LogP contribution in [0.15, 0.2) is 78.9 Å². The quantitative estimate of drug-likeness (QED) is 0.750. The van der Waals surface area contributed by atoms with Crippen LogP contribution in [0.2, 0.25) is 0 Å². The van der Waals surface area contributed by atoms with Crippen molar-refractivity contribution in [3.63, 3.8) is 0 Å². The molecule has 0 unspecified atom stereocenters. The van der Waals surface area contributed by atoms with Gasteiger partial charge in [0.1, 0.15) is 6.07 Å².